The van der Waals surface area contributed by atoms with E-state index in [-0.39, 0.29) is 10.8 Å². The van der Waals surface area contributed by atoms with Crippen LogP contribution in [0, 0.1) is 0 Å². The monoisotopic (exact) mass is 338 g/mol. The molecule has 1 aliphatic carbocycles. The molecule has 1 aromatic heterocycles. The summed E-state index contributed by atoms with van der Waals surface area (Å²) in [7, 11) is -2.38. The summed E-state index contributed by atoms with van der Waals surface area (Å²) in [5, 5.41) is 9.13. The molecule has 0 radical (unpaired) electrons. The zero-order valence-corrected chi connectivity index (χ0v) is 13.5. The second-order valence-electron chi connectivity index (χ2n) is 5.69. The van der Waals surface area contributed by atoms with Crippen LogP contribution in [0.2, 0.25) is 0 Å². The quantitative estimate of drug-likeness (QED) is 0.853. The molecule has 9 heteroatoms. The van der Waals surface area contributed by atoms with Gasteiger partial charge in [-0.25, -0.2) is 13.6 Å². The van der Waals surface area contributed by atoms with Crippen LogP contribution >= 0.6 is 0 Å². The number of hydrogen-bond acceptors (Lipinski definition) is 7. The Morgan fingerprint density at radius 3 is 2.61 bits per heavy atom. The zero-order chi connectivity index (χ0) is 16.7. The lowest BCUT2D eigenvalue weighted by Crippen LogP contribution is -2.34. The fraction of sp³-hybridized carbons (Fsp3) is 0.429. The number of benzene rings is 1. The molecule has 1 fully saturated rings. The first-order valence-corrected chi connectivity index (χ1v) is 8.72. The van der Waals surface area contributed by atoms with Crippen LogP contribution in [-0.4, -0.2) is 25.7 Å². The molecular formula is C14H18N4O4S. The normalized spacial score (nSPS) is 17.3. The van der Waals surface area contributed by atoms with Gasteiger partial charge in [0, 0.05) is 0 Å². The molecule has 3 rings (SSSR count). The number of nitrogens with two attached hydrogens (primary N) is 2. The first-order valence-electron chi connectivity index (χ1n) is 7.18. The summed E-state index contributed by atoms with van der Waals surface area (Å²) >= 11 is 0. The number of rotatable bonds is 4. The largest absolute Gasteiger partial charge is 0.496 e. The van der Waals surface area contributed by atoms with Crippen LogP contribution in [0.5, 0.6) is 5.75 Å². The maximum absolute atomic E-state index is 11.5. The van der Waals surface area contributed by atoms with E-state index in [1.807, 2.05) is 0 Å². The molecular weight excluding hydrogens is 320 g/mol. The summed E-state index contributed by atoms with van der Waals surface area (Å²) < 4.78 is 33.6. The van der Waals surface area contributed by atoms with Crippen molar-refractivity contribution in [1.82, 2.24) is 10.1 Å². The Balaban J connectivity index is 2.06. The third kappa shape index (κ3) is 2.94. The molecule has 0 spiro atoms. The minimum absolute atomic E-state index is 0.0589. The molecule has 124 valence electrons. The Labute approximate surface area is 133 Å². The van der Waals surface area contributed by atoms with E-state index in [4.69, 9.17) is 20.1 Å². The van der Waals surface area contributed by atoms with E-state index in [0.29, 0.717) is 17.1 Å². The van der Waals surface area contributed by atoms with Crippen molar-refractivity contribution < 1.29 is 17.7 Å². The Morgan fingerprint density at radius 2 is 2.00 bits per heavy atom. The predicted octanol–water partition coefficient (Wildman–Crippen LogP) is 1.12. The third-order valence-corrected chi connectivity index (χ3v) is 5.01. The van der Waals surface area contributed by atoms with Crippen LogP contribution in [0.3, 0.4) is 0 Å². The molecule has 1 heterocycles. The molecule has 4 N–H and O–H groups in total. The third-order valence-electron chi connectivity index (χ3n) is 4.10. The van der Waals surface area contributed by atoms with Crippen LogP contribution in [0.1, 0.15) is 31.5 Å². The van der Waals surface area contributed by atoms with Crippen molar-refractivity contribution in [2.24, 2.45) is 10.9 Å². The molecule has 1 saturated carbocycles. The summed E-state index contributed by atoms with van der Waals surface area (Å²) in [4.78, 5) is 4.29. The zero-order valence-electron chi connectivity index (χ0n) is 12.7. The topological polar surface area (TPSA) is 134 Å². The van der Waals surface area contributed by atoms with Crippen LogP contribution in [-0.2, 0) is 15.6 Å². The summed E-state index contributed by atoms with van der Waals surface area (Å²) in [5.41, 5.74) is 6.08. The Kier molecular flexibility index (Phi) is 3.86. The van der Waals surface area contributed by atoms with Gasteiger partial charge in [-0.1, -0.05) is 18.0 Å². The summed E-state index contributed by atoms with van der Waals surface area (Å²) in [6.45, 7) is 0. The Hall–Kier alpha value is -1.97. The molecule has 8 nitrogen and oxygen atoms in total. The molecule has 0 amide bonds. The molecule has 0 unspecified atom stereocenters. The average molecular weight is 338 g/mol. The molecule has 0 atom stereocenters. The predicted molar refractivity (Wildman–Crippen MR) is 82.0 cm³/mol. The highest BCUT2D eigenvalue weighted by atomic mass is 32.2. The fourth-order valence-electron chi connectivity index (χ4n) is 2.80. The van der Waals surface area contributed by atoms with Crippen molar-refractivity contribution in [3.05, 3.63) is 24.0 Å². The average Bonchev–Trinajstić information content (AvgIpc) is 3.15. The van der Waals surface area contributed by atoms with E-state index in [9.17, 15) is 8.42 Å². The Bertz CT molecular complexity index is 825. The van der Waals surface area contributed by atoms with Crippen molar-refractivity contribution in [3.63, 3.8) is 0 Å². The lowest BCUT2D eigenvalue weighted by molar-refractivity contribution is 0.370. The van der Waals surface area contributed by atoms with E-state index >= 15 is 0 Å². The number of hydrogen-bond donors (Lipinski definition) is 2. The molecule has 1 aromatic carbocycles. The second-order valence-corrected chi connectivity index (χ2v) is 7.25. The van der Waals surface area contributed by atoms with Crippen molar-refractivity contribution in [2.75, 3.05) is 7.11 Å². The van der Waals surface area contributed by atoms with Gasteiger partial charge in [-0.3, -0.25) is 0 Å². The number of aromatic nitrogens is 2. The van der Waals surface area contributed by atoms with Crippen molar-refractivity contribution in [2.45, 2.75) is 36.1 Å². The summed E-state index contributed by atoms with van der Waals surface area (Å²) in [6.07, 6.45) is 3.62. The maximum Gasteiger partial charge on any atom is 0.261 e. The van der Waals surface area contributed by atoms with Gasteiger partial charge in [0.1, 0.15) is 5.75 Å². The van der Waals surface area contributed by atoms with E-state index in [2.05, 4.69) is 10.1 Å². The number of ether oxygens (including phenoxy) is 1. The molecule has 1 aliphatic rings. The molecule has 0 aliphatic heterocycles. The first-order chi connectivity index (χ1) is 10.8. The number of primary sulfonamides is 1. The fourth-order valence-corrected chi connectivity index (χ4v) is 3.34. The molecule has 2 aromatic rings. The van der Waals surface area contributed by atoms with Gasteiger partial charge in [-0.2, -0.15) is 4.98 Å². The van der Waals surface area contributed by atoms with E-state index in [0.717, 1.165) is 25.7 Å². The SMILES string of the molecule is COc1ccc(S(N)(=O)=O)cc1-c1nc(C2(N)CCCC2)no1. The van der Waals surface area contributed by atoms with Crippen LogP contribution in [0.4, 0.5) is 0 Å². The lowest BCUT2D eigenvalue weighted by Gasteiger charge is -2.17. The van der Waals surface area contributed by atoms with Gasteiger partial charge < -0.3 is 15.0 Å². The van der Waals surface area contributed by atoms with Gasteiger partial charge in [0.2, 0.25) is 10.0 Å². The number of nitrogens with zero attached hydrogens (tertiary/aromatic N) is 2. The highest BCUT2D eigenvalue weighted by molar-refractivity contribution is 7.89. The van der Waals surface area contributed by atoms with Gasteiger partial charge in [-0.05, 0) is 31.0 Å². The second kappa shape index (κ2) is 5.59. The van der Waals surface area contributed by atoms with Gasteiger partial charge in [0.05, 0.1) is 23.1 Å². The van der Waals surface area contributed by atoms with Crippen molar-refractivity contribution >= 4 is 10.0 Å². The molecule has 23 heavy (non-hydrogen) atoms. The summed E-state index contributed by atoms with van der Waals surface area (Å²) in [5.74, 6) is 0.984. The highest BCUT2D eigenvalue weighted by Gasteiger charge is 2.36. The maximum atomic E-state index is 11.5. The molecule has 0 bridgehead atoms. The standard InChI is InChI=1S/C14H18N4O4S/c1-21-11-5-4-9(23(16,19)20)8-10(11)12-17-13(18-22-12)14(15)6-2-3-7-14/h4-5,8H,2-3,6-7,15H2,1H3,(H2,16,19,20). The minimum Gasteiger partial charge on any atom is -0.496 e. The number of sulfonamides is 1. The van der Waals surface area contributed by atoms with Gasteiger partial charge in [0.15, 0.2) is 5.82 Å². The van der Waals surface area contributed by atoms with Crippen LogP contribution in [0.25, 0.3) is 11.5 Å². The van der Waals surface area contributed by atoms with Crippen molar-refractivity contribution in [1.29, 1.82) is 0 Å². The van der Waals surface area contributed by atoms with E-state index in [1.54, 1.807) is 0 Å². The van der Waals surface area contributed by atoms with E-state index < -0.39 is 15.6 Å². The highest BCUT2D eigenvalue weighted by Crippen LogP contribution is 2.37. The smallest absolute Gasteiger partial charge is 0.261 e. The first kappa shape index (κ1) is 15.9. The summed E-state index contributed by atoms with van der Waals surface area (Å²) in [6, 6.07) is 4.20. The van der Waals surface area contributed by atoms with Gasteiger partial charge in [0.25, 0.3) is 5.89 Å². The lowest BCUT2D eigenvalue weighted by atomic mass is 9.99. The minimum atomic E-state index is -3.85. The van der Waals surface area contributed by atoms with Gasteiger partial charge >= 0.3 is 0 Å². The van der Waals surface area contributed by atoms with E-state index in [1.165, 1.54) is 25.3 Å². The van der Waals surface area contributed by atoms with Gasteiger partial charge in [-0.15, -0.1) is 0 Å². The van der Waals surface area contributed by atoms with Crippen LogP contribution in [0.15, 0.2) is 27.6 Å². The Morgan fingerprint density at radius 1 is 1.30 bits per heavy atom. The van der Waals surface area contributed by atoms with Crippen LogP contribution < -0.4 is 15.6 Å². The molecule has 0 saturated heterocycles. The number of methoxy groups -OCH3 is 1. The van der Waals surface area contributed by atoms with Crippen molar-refractivity contribution in [3.8, 4) is 17.2 Å².